The molecule has 0 saturated carbocycles. The third kappa shape index (κ3) is 4.87. The third-order valence-corrected chi connectivity index (χ3v) is 4.08. The lowest BCUT2D eigenvalue weighted by Crippen LogP contribution is -2.25. The largest absolute Gasteiger partial charge is 0.495 e. The van der Waals surface area contributed by atoms with Crippen LogP contribution in [0.4, 0.5) is 5.69 Å². The van der Waals surface area contributed by atoms with Gasteiger partial charge in [-0.25, -0.2) is 5.43 Å². The van der Waals surface area contributed by atoms with Crippen molar-refractivity contribution in [3.05, 3.63) is 45.1 Å². The summed E-state index contributed by atoms with van der Waals surface area (Å²) in [7, 11) is 1.59. The highest BCUT2D eigenvalue weighted by Gasteiger charge is 2.03. The van der Waals surface area contributed by atoms with E-state index < -0.39 is 0 Å². The summed E-state index contributed by atoms with van der Waals surface area (Å²) in [5.74, 6) is 0.463. The predicted octanol–water partition coefficient (Wildman–Crippen LogP) is 3.08. The molecule has 0 unspecified atom stereocenters. The lowest BCUT2D eigenvalue weighted by atomic mass is 10.3. The van der Waals surface area contributed by atoms with Crippen LogP contribution in [-0.4, -0.2) is 25.8 Å². The molecule has 0 aliphatic carbocycles. The van der Waals surface area contributed by atoms with Gasteiger partial charge in [-0.15, -0.1) is 11.3 Å². The van der Waals surface area contributed by atoms with E-state index >= 15 is 0 Å². The molecule has 5 nitrogen and oxygen atoms in total. The molecule has 2 rings (SSSR count). The second-order valence-electron chi connectivity index (χ2n) is 3.99. The number of hydrogen-bond acceptors (Lipinski definition) is 5. The van der Waals surface area contributed by atoms with E-state index in [1.807, 2.05) is 36.4 Å². The quantitative estimate of drug-likeness (QED) is 0.609. The van der Waals surface area contributed by atoms with Gasteiger partial charge in [0.2, 0.25) is 0 Å². The Morgan fingerprint density at radius 1 is 1.38 bits per heavy atom. The minimum absolute atomic E-state index is 0.117. The molecule has 0 radical (unpaired) electrons. The van der Waals surface area contributed by atoms with Gasteiger partial charge in [-0.2, -0.15) is 5.10 Å². The van der Waals surface area contributed by atoms with Crippen LogP contribution >= 0.6 is 27.3 Å². The molecule has 0 atom stereocenters. The highest BCUT2D eigenvalue weighted by Crippen LogP contribution is 2.22. The molecule has 21 heavy (non-hydrogen) atoms. The van der Waals surface area contributed by atoms with Crippen molar-refractivity contribution in [3.8, 4) is 5.75 Å². The van der Waals surface area contributed by atoms with Gasteiger partial charge in [0.15, 0.2) is 0 Å². The molecule has 0 spiro atoms. The van der Waals surface area contributed by atoms with Gasteiger partial charge >= 0.3 is 0 Å². The van der Waals surface area contributed by atoms with Crippen LogP contribution in [0.1, 0.15) is 4.88 Å². The molecule has 0 bridgehead atoms. The summed E-state index contributed by atoms with van der Waals surface area (Å²) >= 11 is 4.90. The number of carbonyl (C=O) groups is 1. The van der Waals surface area contributed by atoms with E-state index in [9.17, 15) is 4.79 Å². The van der Waals surface area contributed by atoms with E-state index in [0.29, 0.717) is 5.75 Å². The molecule has 110 valence electrons. The average molecular weight is 368 g/mol. The van der Waals surface area contributed by atoms with Crippen molar-refractivity contribution >= 4 is 45.1 Å². The summed E-state index contributed by atoms with van der Waals surface area (Å²) in [4.78, 5) is 12.6. The number of hydrogen-bond donors (Lipinski definition) is 2. The van der Waals surface area contributed by atoms with E-state index in [2.05, 4.69) is 31.8 Å². The van der Waals surface area contributed by atoms with E-state index in [-0.39, 0.29) is 12.5 Å². The number of para-hydroxylation sites is 2. The number of amides is 1. The van der Waals surface area contributed by atoms with Gasteiger partial charge in [0, 0.05) is 4.88 Å². The summed E-state index contributed by atoms with van der Waals surface area (Å²) in [5, 5.41) is 6.90. The van der Waals surface area contributed by atoms with Crippen LogP contribution in [0.25, 0.3) is 0 Å². The number of benzene rings is 1. The third-order valence-electron chi connectivity index (χ3n) is 2.52. The van der Waals surface area contributed by atoms with Crippen LogP contribution < -0.4 is 15.5 Å². The topological polar surface area (TPSA) is 62.7 Å². The first-order valence-corrected chi connectivity index (χ1v) is 7.74. The Bertz CT molecular complexity index is 643. The standard InChI is InChI=1S/C14H14BrN3O2S/c1-20-12-5-3-2-4-11(12)16-9-14(19)18-17-8-10-6-7-13(15)21-10/h2-8,16H,9H2,1H3,(H,18,19)/b17-8+. The number of anilines is 1. The maximum absolute atomic E-state index is 11.7. The minimum atomic E-state index is -0.229. The molecule has 0 aliphatic heterocycles. The van der Waals surface area contributed by atoms with Gasteiger partial charge in [0.25, 0.3) is 5.91 Å². The molecule has 0 saturated heterocycles. The molecule has 1 aromatic heterocycles. The molecule has 2 N–H and O–H groups in total. The highest BCUT2D eigenvalue weighted by molar-refractivity contribution is 9.11. The molecular weight excluding hydrogens is 354 g/mol. The zero-order chi connectivity index (χ0) is 15.1. The normalized spacial score (nSPS) is 10.6. The number of hydrazone groups is 1. The first kappa shape index (κ1) is 15.5. The number of ether oxygens (including phenoxy) is 1. The van der Waals surface area contributed by atoms with Crippen molar-refractivity contribution in [2.24, 2.45) is 5.10 Å². The van der Waals surface area contributed by atoms with E-state index in [0.717, 1.165) is 14.4 Å². The zero-order valence-corrected chi connectivity index (χ0v) is 13.7. The molecule has 0 fully saturated rings. The number of halogens is 1. The van der Waals surface area contributed by atoms with Crippen molar-refractivity contribution in [2.45, 2.75) is 0 Å². The monoisotopic (exact) mass is 367 g/mol. The Kier molecular flexibility index (Phi) is 5.77. The second kappa shape index (κ2) is 7.80. The fraction of sp³-hybridized carbons (Fsp3) is 0.143. The fourth-order valence-corrected chi connectivity index (χ4v) is 2.87. The first-order valence-electron chi connectivity index (χ1n) is 6.13. The summed E-state index contributed by atoms with van der Waals surface area (Å²) in [6.07, 6.45) is 1.61. The maximum atomic E-state index is 11.7. The van der Waals surface area contributed by atoms with Crippen molar-refractivity contribution < 1.29 is 9.53 Å². The zero-order valence-electron chi connectivity index (χ0n) is 11.3. The molecule has 2 aromatic rings. The number of nitrogens with one attached hydrogen (secondary N) is 2. The Morgan fingerprint density at radius 3 is 2.90 bits per heavy atom. The molecular formula is C14H14BrN3O2S. The van der Waals surface area contributed by atoms with Crippen molar-refractivity contribution in [3.63, 3.8) is 0 Å². The summed E-state index contributed by atoms with van der Waals surface area (Å²) in [6.45, 7) is 0.117. The molecule has 0 aliphatic rings. The number of carbonyl (C=O) groups excluding carboxylic acids is 1. The molecule has 1 heterocycles. The van der Waals surface area contributed by atoms with Crippen LogP contribution in [0.5, 0.6) is 5.75 Å². The van der Waals surface area contributed by atoms with E-state index in [4.69, 9.17) is 4.74 Å². The summed E-state index contributed by atoms with van der Waals surface area (Å²) < 4.78 is 6.21. The van der Waals surface area contributed by atoms with Crippen LogP contribution in [0.2, 0.25) is 0 Å². The maximum Gasteiger partial charge on any atom is 0.259 e. The van der Waals surface area contributed by atoms with Crippen molar-refractivity contribution in [1.82, 2.24) is 5.43 Å². The van der Waals surface area contributed by atoms with Crippen molar-refractivity contribution in [2.75, 3.05) is 19.0 Å². The van der Waals surface area contributed by atoms with Gasteiger partial charge < -0.3 is 10.1 Å². The predicted molar refractivity (Wildman–Crippen MR) is 89.2 cm³/mol. The number of methoxy groups -OCH3 is 1. The lowest BCUT2D eigenvalue weighted by Gasteiger charge is -2.09. The molecule has 1 amide bonds. The van der Waals surface area contributed by atoms with Crippen LogP contribution in [-0.2, 0) is 4.79 Å². The summed E-state index contributed by atoms with van der Waals surface area (Å²) in [6, 6.07) is 11.3. The van der Waals surface area contributed by atoms with Gasteiger partial charge in [-0.3, -0.25) is 4.79 Å². The van der Waals surface area contributed by atoms with Gasteiger partial charge in [-0.05, 0) is 40.2 Å². The second-order valence-corrected chi connectivity index (χ2v) is 6.48. The van der Waals surface area contributed by atoms with Crippen LogP contribution in [0, 0.1) is 0 Å². The average Bonchev–Trinajstić information content (AvgIpc) is 2.91. The highest BCUT2D eigenvalue weighted by atomic mass is 79.9. The number of rotatable bonds is 6. The minimum Gasteiger partial charge on any atom is -0.495 e. The number of thiophene rings is 1. The SMILES string of the molecule is COc1ccccc1NCC(=O)N/N=C/c1ccc(Br)s1. The van der Waals surface area contributed by atoms with Gasteiger partial charge in [0.05, 0.1) is 29.3 Å². The fourth-order valence-electron chi connectivity index (χ4n) is 1.57. The Hall–Kier alpha value is -1.86. The van der Waals surface area contributed by atoms with Gasteiger partial charge in [-0.1, -0.05) is 12.1 Å². The number of nitrogens with zero attached hydrogens (tertiary/aromatic N) is 1. The van der Waals surface area contributed by atoms with E-state index in [1.54, 1.807) is 13.3 Å². The lowest BCUT2D eigenvalue weighted by molar-refractivity contribution is -0.119. The smallest absolute Gasteiger partial charge is 0.259 e. The Balaban J connectivity index is 1.81. The van der Waals surface area contributed by atoms with Crippen molar-refractivity contribution in [1.29, 1.82) is 0 Å². The Labute approximate surface area is 135 Å². The van der Waals surface area contributed by atoms with E-state index in [1.165, 1.54) is 11.3 Å². The molecule has 1 aromatic carbocycles. The Morgan fingerprint density at radius 2 is 2.19 bits per heavy atom. The summed E-state index contributed by atoms with van der Waals surface area (Å²) in [5.41, 5.74) is 3.23. The van der Waals surface area contributed by atoms with Crippen LogP contribution in [0.15, 0.2) is 45.3 Å². The first-order chi connectivity index (χ1) is 10.2. The molecule has 7 heteroatoms. The van der Waals surface area contributed by atoms with Gasteiger partial charge in [0.1, 0.15) is 5.75 Å². The van der Waals surface area contributed by atoms with Crippen LogP contribution in [0.3, 0.4) is 0 Å².